The summed E-state index contributed by atoms with van der Waals surface area (Å²) in [6.45, 7) is 12.1. The second-order valence-electron chi connectivity index (χ2n) is 5.14. The fourth-order valence-corrected chi connectivity index (χ4v) is 2.12. The van der Waals surface area contributed by atoms with Crippen molar-refractivity contribution in [2.75, 3.05) is 0 Å². The van der Waals surface area contributed by atoms with Crippen LogP contribution >= 0.6 is 11.6 Å². The Hall–Kier alpha value is -1.61. The molecule has 1 aliphatic rings. The van der Waals surface area contributed by atoms with Gasteiger partial charge in [-0.2, -0.15) is 0 Å². The average Bonchev–Trinajstić information content (AvgIpc) is 2.52. The predicted octanol–water partition coefficient (Wildman–Crippen LogP) is 6.06. The Balaban J connectivity index is 3.23. The van der Waals surface area contributed by atoms with Crippen LogP contribution < -0.4 is 0 Å². The van der Waals surface area contributed by atoms with E-state index in [-0.39, 0.29) is 11.0 Å². The molecule has 0 amide bonds. The lowest BCUT2D eigenvalue weighted by molar-refractivity contribution is 0.513. The first kappa shape index (κ1) is 18.4. The van der Waals surface area contributed by atoms with E-state index in [2.05, 4.69) is 18.5 Å². The van der Waals surface area contributed by atoms with Gasteiger partial charge in [-0.25, -0.2) is 4.39 Å². The molecule has 1 aliphatic heterocycles. The Morgan fingerprint density at radius 2 is 2.18 bits per heavy atom. The molecule has 22 heavy (non-hydrogen) atoms. The highest BCUT2D eigenvalue weighted by atomic mass is 35.5. The number of nitrogens with zero attached hydrogens (tertiary/aromatic N) is 2. The van der Waals surface area contributed by atoms with Crippen molar-refractivity contribution >= 4 is 17.3 Å². The minimum Gasteiger partial charge on any atom is -0.313 e. The molecule has 0 saturated carbocycles. The molecule has 1 heterocycles. The monoisotopic (exact) mass is 322 g/mol. The Kier molecular flexibility index (Phi) is 7.33. The lowest BCUT2D eigenvalue weighted by Gasteiger charge is -2.29. The Morgan fingerprint density at radius 1 is 1.50 bits per heavy atom. The number of halogens is 2. The molecule has 1 rings (SSSR count). The quantitative estimate of drug-likeness (QED) is 0.542. The highest BCUT2D eigenvalue weighted by Crippen LogP contribution is 2.32. The molecule has 0 N–H and O–H groups in total. The van der Waals surface area contributed by atoms with E-state index in [1.807, 2.05) is 32.9 Å². The summed E-state index contributed by atoms with van der Waals surface area (Å²) < 4.78 is 14.5. The van der Waals surface area contributed by atoms with Crippen LogP contribution in [0, 0.1) is 5.92 Å². The maximum absolute atomic E-state index is 14.5. The third-order valence-electron chi connectivity index (χ3n) is 3.49. The zero-order valence-electron chi connectivity index (χ0n) is 13.7. The van der Waals surface area contributed by atoms with Crippen LogP contribution in [-0.4, -0.2) is 10.6 Å². The number of hydrogen-bond donors (Lipinski definition) is 0. The van der Waals surface area contributed by atoms with Crippen LogP contribution in [0.2, 0.25) is 0 Å². The van der Waals surface area contributed by atoms with Gasteiger partial charge in [-0.05, 0) is 25.3 Å². The molecule has 0 bridgehead atoms. The van der Waals surface area contributed by atoms with Gasteiger partial charge in [0.25, 0.3) is 0 Å². The van der Waals surface area contributed by atoms with Gasteiger partial charge in [0.1, 0.15) is 0 Å². The van der Waals surface area contributed by atoms with Gasteiger partial charge in [-0.3, -0.25) is 4.99 Å². The van der Waals surface area contributed by atoms with E-state index in [1.165, 1.54) is 0 Å². The molecule has 0 saturated heterocycles. The fourth-order valence-electron chi connectivity index (χ4n) is 1.97. The molecule has 0 fully saturated rings. The van der Waals surface area contributed by atoms with Crippen LogP contribution in [-0.2, 0) is 0 Å². The normalized spacial score (nSPS) is 19.5. The van der Waals surface area contributed by atoms with Crippen LogP contribution in [0.25, 0.3) is 0 Å². The molecule has 1 unspecified atom stereocenters. The Bertz CT molecular complexity index is 568. The first-order valence-electron chi connectivity index (χ1n) is 7.58. The number of aliphatic imine (C=N–C) groups is 1. The summed E-state index contributed by atoms with van der Waals surface area (Å²) in [6.07, 6.45) is 10.4. The molecule has 0 aromatic carbocycles. The van der Waals surface area contributed by atoms with Gasteiger partial charge in [-0.1, -0.05) is 57.5 Å². The standard InChI is InChI=1S/C18H24ClFN2/c1-6-10-21-16(8-3)14(5)22-11-9-15(19)18(20)17(22)12-13(4)7-2/h6,9-13H,5,7-8H2,1-4H3/b10-6-,17-12-,21-16?. The first-order chi connectivity index (χ1) is 10.5. The van der Waals surface area contributed by atoms with E-state index in [0.717, 1.165) is 12.1 Å². The SMILES string of the molecule is C=C(C(CC)=N/C=C\C)N1C=CC(Cl)=C(F)/C1=C/C(C)CC. The van der Waals surface area contributed by atoms with Crippen LogP contribution in [0.5, 0.6) is 0 Å². The average molecular weight is 323 g/mol. The van der Waals surface area contributed by atoms with E-state index >= 15 is 0 Å². The summed E-state index contributed by atoms with van der Waals surface area (Å²) in [5.74, 6) is -0.184. The van der Waals surface area contributed by atoms with E-state index in [0.29, 0.717) is 17.8 Å². The zero-order chi connectivity index (χ0) is 16.7. The van der Waals surface area contributed by atoms with Crippen molar-refractivity contribution in [1.82, 2.24) is 4.90 Å². The highest BCUT2D eigenvalue weighted by molar-refractivity contribution is 6.31. The molecule has 0 spiro atoms. The molecule has 4 heteroatoms. The summed E-state index contributed by atoms with van der Waals surface area (Å²) in [5, 5.41) is 0.113. The van der Waals surface area contributed by atoms with Crippen LogP contribution in [0.15, 0.2) is 64.5 Å². The van der Waals surface area contributed by atoms with Crippen LogP contribution in [0.4, 0.5) is 4.39 Å². The molecular formula is C18H24ClFN2. The van der Waals surface area contributed by atoms with Gasteiger partial charge in [0.05, 0.1) is 22.1 Å². The Labute approximate surface area is 138 Å². The van der Waals surface area contributed by atoms with Gasteiger partial charge < -0.3 is 4.90 Å². The molecule has 0 aromatic heterocycles. The van der Waals surface area contributed by atoms with E-state index in [4.69, 9.17) is 11.6 Å². The zero-order valence-corrected chi connectivity index (χ0v) is 14.5. The van der Waals surface area contributed by atoms with Crippen molar-refractivity contribution in [3.8, 4) is 0 Å². The van der Waals surface area contributed by atoms with Gasteiger partial charge in [0.2, 0.25) is 0 Å². The second-order valence-corrected chi connectivity index (χ2v) is 5.55. The minimum atomic E-state index is -0.424. The van der Waals surface area contributed by atoms with E-state index < -0.39 is 5.83 Å². The third-order valence-corrected chi connectivity index (χ3v) is 3.78. The largest absolute Gasteiger partial charge is 0.313 e. The van der Waals surface area contributed by atoms with Gasteiger partial charge in [0, 0.05) is 12.4 Å². The number of allylic oxidation sites excluding steroid dienone is 6. The highest BCUT2D eigenvalue weighted by Gasteiger charge is 2.23. The van der Waals surface area contributed by atoms with E-state index in [1.54, 1.807) is 23.4 Å². The first-order valence-corrected chi connectivity index (χ1v) is 7.95. The summed E-state index contributed by atoms with van der Waals surface area (Å²) >= 11 is 5.93. The molecule has 0 radical (unpaired) electrons. The van der Waals surface area contributed by atoms with Crippen molar-refractivity contribution in [3.05, 3.63) is 59.5 Å². The molecule has 0 aliphatic carbocycles. The van der Waals surface area contributed by atoms with Gasteiger partial charge in [0.15, 0.2) is 5.83 Å². The fraction of sp³-hybridized carbons (Fsp3) is 0.389. The summed E-state index contributed by atoms with van der Waals surface area (Å²) in [7, 11) is 0. The number of hydrogen-bond acceptors (Lipinski definition) is 2. The van der Waals surface area contributed by atoms with Gasteiger partial charge in [-0.15, -0.1) is 0 Å². The lowest BCUT2D eigenvalue weighted by atomic mass is 10.0. The molecule has 0 aromatic rings. The van der Waals surface area contributed by atoms with E-state index in [9.17, 15) is 4.39 Å². The van der Waals surface area contributed by atoms with Crippen molar-refractivity contribution in [1.29, 1.82) is 0 Å². The minimum absolute atomic E-state index is 0.113. The molecule has 1 atom stereocenters. The van der Waals surface area contributed by atoms with Crippen LogP contribution in [0.1, 0.15) is 40.5 Å². The molecule has 2 nitrogen and oxygen atoms in total. The predicted molar refractivity (Wildman–Crippen MR) is 94.2 cm³/mol. The third kappa shape index (κ3) is 4.44. The van der Waals surface area contributed by atoms with Crippen molar-refractivity contribution in [2.24, 2.45) is 10.9 Å². The second kappa shape index (κ2) is 8.74. The number of rotatable bonds is 6. The van der Waals surface area contributed by atoms with Crippen molar-refractivity contribution in [3.63, 3.8) is 0 Å². The topological polar surface area (TPSA) is 15.6 Å². The van der Waals surface area contributed by atoms with Crippen molar-refractivity contribution in [2.45, 2.75) is 40.5 Å². The smallest absolute Gasteiger partial charge is 0.165 e. The maximum atomic E-state index is 14.5. The maximum Gasteiger partial charge on any atom is 0.165 e. The summed E-state index contributed by atoms with van der Waals surface area (Å²) in [4.78, 5) is 6.10. The van der Waals surface area contributed by atoms with Gasteiger partial charge >= 0.3 is 0 Å². The lowest BCUT2D eigenvalue weighted by Crippen LogP contribution is -2.24. The summed E-state index contributed by atoms with van der Waals surface area (Å²) in [6, 6.07) is 0. The Morgan fingerprint density at radius 3 is 2.73 bits per heavy atom. The van der Waals surface area contributed by atoms with Crippen molar-refractivity contribution < 1.29 is 4.39 Å². The molecular weight excluding hydrogens is 299 g/mol. The van der Waals surface area contributed by atoms with Crippen LogP contribution in [0.3, 0.4) is 0 Å². The molecule has 120 valence electrons. The summed E-state index contributed by atoms with van der Waals surface area (Å²) in [5.41, 5.74) is 1.91.